The Kier molecular flexibility index (Phi) is 2.27. The van der Waals surface area contributed by atoms with Crippen molar-refractivity contribution in [2.24, 2.45) is 0 Å². The van der Waals surface area contributed by atoms with Gasteiger partial charge in [-0.2, -0.15) is 0 Å². The summed E-state index contributed by atoms with van der Waals surface area (Å²) < 4.78 is 4.54. The predicted molar refractivity (Wildman–Crippen MR) is 36.0 cm³/mol. The lowest BCUT2D eigenvalue weighted by atomic mass is 10.2. The van der Waals surface area contributed by atoms with Crippen molar-refractivity contribution < 1.29 is 9.53 Å². The highest BCUT2D eigenvalue weighted by molar-refractivity contribution is 5.75. The minimum atomic E-state index is -0.222. The van der Waals surface area contributed by atoms with Crippen molar-refractivity contribution in [3.8, 4) is 0 Å². The monoisotopic (exact) mass is 141 g/mol. The van der Waals surface area contributed by atoms with Crippen LogP contribution in [0.1, 0.15) is 12.8 Å². The Bertz CT molecular complexity index is 136. The Morgan fingerprint density at radius 2 is 2.50 bits per heavy atom. The van der Waals surface area contributed by atoms with Crippen LogP contribution >= 0.6 is 0 Å². The van der Waals surface area contributed by atoms with Gasteiger partial charge in [-0.3, -0.25) is 9.69 Å². The van der Waals surface area contributed by atoms with Gasteiger partial charge >= 0.3 is 5.97 Å². The van der Waals surface area contributed by atoms with E-state index < -0.39 is 0 Å². The number of carbonyl (C=O) groups excluding carboxylic acids is 1. The molecule has 1 atom stereocenters. The Labute approximate surface area is 61.0 Å². The van der Waals surface area contributed by atoms with Gasteiger partial charge in [0.1, 0.15) is 6.04 Å². The molecule has 3 heteroatoms. The van der Waals surface area contributed by atoms with Crippen LogP contribution in [-0.4, -0.2) is 30.6 Å². The van der Waals surface area contributed by atoms with E-state index in [1.165, 1.54) is 12.0 Å². The lowest BCUT2D eigenvalue weighted by Crippen LogP contribution is -2.32. The van der Waals surface area contributed by atoms with Crippen molar-refractivity contribution >= 4 is 5.97 Å². The molecule has 0 bridgehead atoms. The maximum atomic E-state index is 10.9. The van der Waals surface area contributed by atoms with E-state index in [2.05, 4.69) is 4.74 Å². The van der Waals surface area contributed by atoms with Crippen LogP contribution in [0.15, 0.2) is 0 Å². The third kappa shape index (κ3) is 1.29. The number of hydrogen-bond donors (Lipinski definition) is 0. The molecule has 1 aliphatic heterocycles. The van der Waals surface area contributed by atoms with Gasteiger partial charge in [0.15, 0.2) is 0 Å². The van der Waals surface area contributed by atoms with Crippen molar-refractivity contribution in [2.45, 2.75) is 18.9 Å². The molecule has 0 aliphatic carbocycles. The van der Waals surface area contributed by atoms with Gasteiger partial charge < -0.3 is 4.74 Å². The van der Waals surface area contributed by atoms with E-state index in [1.54, 1.807) is 0 Å². The van der Waals surface area contributed by atoms with Gasteiger partial charge in [-0.15, -0.1) is 0 Å². The minimum absolute atomic E-state index is 0.204. The Balaban J connectivity index is 2.46. The molecular weight excluding hydrogens is 130 g/mol. The summed E-state index contributed by atoms with van der Waals surface area (Å²) in [4.78, 5) is 12.4. The zero-order chi connectivity index (χ0) is 7.56. The number of carbonyl (C=O) groups is 1. The van der Waals surface area contributed by atoms with Crippen molar-refractivity contribution in [3.05, 3.63) is 7.05 Å². The van der Waals surface area contributed by atoms with Gasteiger partial charge in [-0.25, -0.2) is 0 Å². The summed E-state index contributed by atoms with van der Waals surface area (Å²) in [7, 11) is 6.87. The number of methoxy groups -OCH3 is 1. The minimum Gasteiger partial charge on any atom is -0.468 e. The van der Waals surface area contributed by atoms with E-state index in [0.717, 1.165) is 19.4 Å². The normalized spacial score (nSPS) is 26.8. The number of nitrogens with zero attached hydrogens (tertiary/aromatic N) is 1. The molecule has 0 saturated carbocycles. The van der Waals surface area contributed by atoms with E-state index in [-0.39, 0.29) is 12.0 Å². The van der Waals surface area contributed by atoms with E-state index in [0.29, 0.717) is 0 Å². The third-order valence-corrected chi connectivity index (χ3v) is 1.77. The van der Waals surface area contributed by atoms with Crippen LogP contribution in [0.2, 0.25) is 0 Å². The second-order valence-corrected chi connectivity index (χ2v) is 2.42. The fourth-order valence-corrected chi connectivity index (χ4v) is 1.18. The molecule has 0 aromatic heterocycles. The quantitative estimate of drug-likeness (QED) is 0.492. The highest BCUT2D eigenvalue weighted by Crippen LogP contribution is 2.16. The maximum Gasteiger partial charge on any atom is 0.323 e. The van der Waals surface area contributed by atoms with Gasteiger partial charge in [0, 0.05) is 7.05 Å². The highest BCUT2D eigenvalue weighted by Gasteiger charge is 2.28. The summed E-state index contributed by atoms with van der Waals surface area (Å²) in [6.07, 6.45) is 1.81. The molecule has 2 radical (unpaired) electrons. The molecule has 0 amide bonds. The highest BCUT2D eigenvalue weighted by atomic mass is 16.5. The Hall–Kier alpha value is -0.570. The van der Waals surface area contributed by atoms with E-state index in [9.17, 15) is 4.79 Å². The predicted octanol–water partition coefficient (Wildman–Crippen LogP) is 0.292. The fourth-order valence-electron chi connectivity index (χ4n) is 1.18. The molecule has 0 aromatic carbocycles. The molecule has 56 valence electrons. The zero-order valence-corrected chi connectivity index (χ0v) is 6.04. The zero-order valence-electron chi connectivity index (χ0n) is 6.04. The summed E-state index contributed by atoms with van der Waals surface area (Å²) in [6.45, 7) is 0.791. The first-order valence-corrected chi connectivity index (χ1v) is 3.35. The van der Waals surface area contributed by atoms with Gasteiger partial charge in [-0.05, 0) is 19.4 Å². The van der Waals surface area contributed by atoms with Gasteiger partial charge in [0.2, 0.25) is 0 Å². The molecule has 1 fully saturated rings. The molecule has 3 nitrogen and oxygen atoms in total. The number of rotatable bonds is 1. The van der Waals surface area contributed by atoms with Crippen LogP contribution in [0.4, 0.5) is 0 Å². The first-order valence-electron chi connectivity index (χ1n) is 3.35. The average molecular weight is 141 g/mol. The lowest BCUT2D eigenvalue weighted by molar-refractivity contribution is -0.145. The molecule has 10 heavy (non-hydrogen) atoms. The Morgan fingerprint density at radius 1 is 1.80 bits per heavy atom. The average Bonchev–Trinajstić information content (AvgIpc) is 2.34. The number of hydrogen-bond acceptors (Lipinski definition) is 3. The van der Waals surface area contributed by atoms with E-state index >= 15 is 0 Å². The molecule has 0 aromatic rings. The molecule has 1 heterocycles. The van der Waals surface area contributed by atoms with Crippen molar-refractivity contribution in [3.63, 3.8) is 0 Å². The topological polar surface area (TPSA) is 29.5 Å². The molecule has 1 rings (SSSR count). The SMILES string of the molecule is [CH]N1CCC[C@@H]1C(=O)OC. The van der Waals surface area contributed by atoms with Gasteiger partial charge in [0.25, 0.3) is 0 Å². The first-order chi connectivity index (χ1) is 4.75. The van der Waals surface area contributed by atoms with Crippen LogP contribution in [-0.2, 0) is 9.53 Å². The number of esters is 1. The number of ether oxygens (including phenoxy) is 1. The molecule has 0 spiro atoms. The largest absolute Gasteiger partial charge is 0.468 e. The molecule has 0 unspecified atom stereocenters. The number of likely N-dealkylation sites (tertiary alicyclic amines) is 1. The molecule has 0 N–H and O–H groups in total. The summed E-state index contributed by atoms with van der Waals surface area (Å²) in [5.74, 6) is -0.222. The van der Waals surface area contributed by atoms with Crippen LogP contribution in [0.5, 0.6) is 0 Å². The van der Waals surface area contributed by atoms with Gasteiger partial charge in [0.05, 0.1) is 7.11 Å². The van der Waals surface area contributed by atoms with E-state index in [1.807, 2.05) is 0 Å². The van der Waals surface area contributed by atoms with Crippen LogP contribution in [0.25, 0.3) is 0 Å². The first kappa shape index (κ1) is 7.54. The maximum absolute atomic E-state index is 10.9. The lowest BCUT2D eigenvalue weighted by Gasteiger charge is -2.15. The van der Waals surface area contributed by atoms with Crippen LogP contribution in [0.3, 0.4) is 0 Å². The van der Waals surface area contributed by atoms with Crippen LogP contribution < -0.4 is 0 Å². The summed E-state index contributed by atoms with van der Waals surface area (Å²) >= 11 is 0. The van der Waals surface area contributed by atoms with E-state index in [4.69, 9.17) is 7.05 Å². The van der Waals surface area contributed by atoms with Crippen LogP contribution in [0, 0.1) is 7.05 Å². The van der Waals surface area contributed by atoms with Crippen molar-refractivity contribution in [2.75, 3.05) is 13.7 Å². The molecule has 1 saturated heterocycles. The fraction of sp³-hybridized carbons (Fsp3) is 0.714. The summed E-state index contributed by atoms with van der Waals surface area (Å²) in [5.41, 5.74) is 0. The Morgan fingerprint density at radius 3 is 2.90 bits per heavy atom. The standard InChI is InChI=1S/C7H11NO2/c1-8-5-3-4-6(8)7(9)10-2/h1,6H,3-5H2,2H3/t6-/m1/s1. The van der Waals surface area contributed by atoms with Gasteiger partial charge in [-0.1, -0.05) is 0 Å². The summed E-state index contributed by atoms with van der Waals surface area (Å²) in [6, 6.07) is -0.204. The third-order valence-electron chi connectivity index (χ3n) is 1.77. The second-order valence-electron chi connectivity index (χ2n) is 2.42. The second kappa shape index (κ2) is 3.01. The smallest absolute Gasteiger partial charge is 0.323 e. The molecular formula is C7H11NO2. The van der Waals surface area contributed by atoms with Crippen molar-refractivity contribution in [1.29, 1.82) is 0 Å². The van der Waals surface area contributed by atoms with Crippen molar-refractivity contribution in [1.82, 2.24) is 4.90 Å². The summed E-state index contributed by atoms with van der Waals surface area (Å²) in [5, 5.41) is 0. The molecule has 1 aliphatic rings.